The number of anilines is 8. The van der Waals surface area contributed by atoms with Gasteiger partial charge < -0.3 is 19.0 Å². The summed E-state index contributed by atoms with van der Waals surface area (Å²) >= 11 is 1.96. The minimum Gasteiger partial charge on any atom is -0.455 e. The number of hydrogen-bond acceptors (Lipinski definition) is 5. The van der Waals surface area contributed by atoms with E-state index in [-0.39, 0.29) is 39.3 Å². The number of nitrogens with zero attached hydrogens (tertiary/aromatic N) is 3. The molecule has 10 aromatic carbocycles. The summed E-state index contributed by atoms with van der Waals surface area (Å²) in [6.45, 7) is 39.4. The van der Waals surface area contributed by atoms with Gasteiger partial charge in [-0.05, 0) is 185 Å². The lowest BCUT2D eigenvalue weighted by Crippen LogP contribution is -2.60. The summed E-state index contributed by atoms with van der Waals surface area (Å²) in [5, 5.41) is 3.50. The largest absolute Gasteiger partial charge is 0.455 e. The topological polar surface area (TPSA) is 22.9 Å². The first-order chi connectivity index (χ1) is 43.0. The van der Waals surface area contributed by atoms with Crippen molar-refractivity contribution in [2.45, 2.75) is 150 Å². The summed E-state index contributed by atoms with van der Waals surface area (Å²) < 4.78 is 10.0. The van der Waals surface area contributed by atoms with Crippen molar-refractivity contribution in [3.05, 3.63) is 239 Å². The molecule has 0 radical (unpaired) electrons. The molecule has 15 rings (SSSR count). The zero-order valence-electron chi connectivity index (χ0n) is 56.3. The molecular formula is C85H84BN3OS. The monoisotopic (exact) mass is 1210 g/mol. The van der Waals surface area contributed by atoms with E-state index in [1.807, 2.05) is 11.3 Å². The third-order valence-electron chi connectivity index (χ3n) is 20.2. The van der Waals surface area contributed by atoms with Crippen LogP contribution in [0.25, 0.3) is 65.4 Å². The van der Waals surface area contributed by atoms with Crippen molar-refractivity contribution in [2.75, 3.05) is 14.6 Å². The molecule has 6 heteroatoms. The summed E-state index contributed by atoms with van der Waals surface area (Å²) in [6, 6.07) is 77.4. The number of fused-ring (bicyclic) bond motifs is 13. The van der Waals surface area contributed by atoms with E-state index in [0.717, 1.165) is 55.9 Å². The second-order valence-corrected chi connectivity index (χ2v) is 33.0. The molecule has 0 bridgehead atoms. The van der Waals surface area contributed by atoms with Crippen molar-refractivity contribution in [1.82, 2.24) is 0 Å². The van der Waals surface area contributed by atoms with Crippen LogP contribution in [0, 0.1) is 0 Å². The first-order valence-corrected chi connectivity index (χ1v) is 33.7. The highest BCUT2D eigenvalue weighted by atomic mass is 32.1. The van der Waals surface area contributed by atoms with Crippen molar-refractivity contribution in [3.63, 3.8) is 0 Å². The third kappa shape index (κ3) is 9.43. The second-order valence-electron chi connectivity index (χ2n) is 31.9. The van der Waals surface area contributed by atoms with E-state index in [9.17, 15) is 0 Å². The molecule has 0 spiro atoms. The van der Waals surface area contributed by atoms with Crippen LogP contribution in [-0.4, -0.2) is 6.85 Å². The van der Waals surface area contributed by atoms with Gasteiger partial charge in [-0.2, -0.15) is 0 Å². The van der Waals surface area contributed by atoms with E-state index in [0.29, 0.717) is 0 Å². The van der Waals surface area contributed by atoms with Crippen LogP contribution in [0.4, 0.5) is 45.5 Å². The fourth-order valence-electron chi connectivity index (χ4n) is 14.9. The Morgan fingerprint density at radius 2 is 0.956 bits per heavy atom. The molecule has 0 atom stereocenters. The molecule has 4 heterocycles. The van der Waals surface area contributed by atoms with E-state index in [1.54, 1.807) is 0 Å². The zero-order valence-corrected chi connectivity index (χ0v) is 57.1. The van der Waals surface area contributed by atoms with Gasteiger partial charge in [0.1, 0.15) is 11.2 Å². The average molecular weight is 1210 g/mol. The number of rotatable bonds is 6. The normalized spacial score (nSPS) is 14.5. The summed E-state index contributed by atoms with van der Waals surface area (Å²) in [6.07, 6.45) is 0. The quantitative estimate of drug-likeness (QED) is 0.155. The number of hydrogen-bond donors (Lipinski definition) is 0. The summed E-state index contributed by atoms with van der Waals surface area (Å²) in [5.74, 6) is 0. The van der Waals surface area contributed by atoms with Crippen molar-refractivity contribution in [2.24, 2.45) is 0 Å². The maximum Gasteiger partial charge on any atom is 0.343 e. The standard InChI is InChI=1S/C85H84BN3OS/c1-80(2,3)52-27-35-57(36-28-52)87(58-37-29-53(30-38-58)81(4,5)6)60-41-42-68-63(47-60)64-48-66-71(50-69(64)85(68,16)17)89(59-39-31-54(32-40-59)82(7,8)9)86-76-72(49-65-61-25-21-22-26-73(61)90-78(65)75(66)76)88(77-67-46-56(84(13,14)15)34-44-74(67)91-79(77)86)70-43-33-55(83(10,11)12)45-62(70)51-23-19-18-20-24-51/h18-50H,1-17H3. The number of para-hydroxylation sites is 1. The van der Waals surface area contributed by atoms with Crippen LogP contribution in [0.15, 0.2) is 205 Å². The van der Waals surface area contributed by atoms with Crippen LogP contribution in [0.5, 0.6) is 0 Å². The lowest BCUT2D eigenvalue weighted by Gasteiger charge is -2.45. The molecule has 0 unspecified atom stereocenters. The van der Waals surface area contributed by atoms with E-state index in [1.165, 1.54) is 104 Å². The van der Waals surface area contributed by atoms with Gasteiger partial charge >= 0.3 is 6.85 Å². The minimum atomic E-state index is -0.340. The first-order valence-electron chi connectivity index (χ1n) is 32.8. The van der Waals surface area contributed by atoms with E-state index in [2.05, 4.69) is 333 Å². The number of benzene rings is 10. The molecule has 0 saturated heterocycles. The Hall–Kier alpha value is -8.58. The Bertz CT molecular complexity index is 4850. The molecule has 1 aliphatic carbocycles. The lowest BCUT2D eigenvalue weighted by atomic mass is 9.46. The molecule has 91 heavy (non-hydrogen) atoms. The van der Waals surface area contributed by atoms with Crippen LogP contribution >= 0.6 is 11.3 Å². The number of furan rings is 1. The van der Waals surface area contributed by atoms with Gasteiger partial charge in [0, 0.05) is 81.9 Å². The Balaban J connectivity index is 1.05. The van der Waals surface area contributed by atoms with Gasteiger partial charge in [-0.1, -0.05) is 221 Å². The van der Waals surface area contributed by atoms with Gasteiger partial charge in [0.2, 0.25) is 0 Å². The van der Waals surface area contributed by atoms with Crippen molar-refractivity contribution in [1.29, 1.82) is 0 Å². The smallest absolute Gasteiger partial charge is 0.343 e. The maximum absolute atomic E-state index is 7.46. The molecule has 0 fully saturated rings. The SMILES string of the molecule is CC(C)(C)c1ccc(N2B3c4sc5ccc(C(C)(C)C)cc5c4N(c4ccc(C(C)(C)C)cc4-c4ccccc4)c4cc5c(oc6ccccc65)c(c43)-c3cc4c(cc32)C(C)(C)c2ccc(N(c3ccc(C(C)(C)C)cc3)c3ccc(C(C)(C)C)cc3)cc2-4)cc1. The molecule has 0 amide bonds. The molecule has 2 aliphatic heterocycles. The minimum absolute atomic E-state index is 0.0224. The van der Waals surface area contributed by atoms with Crippen molar-refractivity contribution in [3.8, 4) is 33.4 Å². The van der Waals surface area contributed by atoms with Crippen LogP contribution in [0.2, 0.25) is 0 Å². The first kappa shape index (κ1) is 58.8. The third-order valence-corrected chi connectivity index (χ3v) is 21.4. The summed E-state index contributed by atoms with van der Waals surface area (Å²) in [4.78, 5) is 7.88. The van der Waals surface area contributed by atoms with Crippen LogP contribution in [0.3, 0.4) is 0 Å². The van der Waals surface area contributed by atoms with Gasteiger partial charge in [-0.15, -0.1) is 11.3 Å². The highest BCUT2D eigenvalue weighted by Crippen LogP contribution is 2.59. The molecular weight excluding hydrogens is 1120 g/mol. The second kappa shape index (κ2) is 20.2. The Morgan fingerprint density at radius 3 is 1.57 bits per heavy atom. The molecule has 2 aromatic heterocycles. The lowest BCUT2D eigenvalue weighted by molar-refractivity contribution is 0.590. The van der Waals surface area contributed by atoms with Crippen molar-refractivity contribution >= 4 is 106 Å². The molecule has 12 aromatic rings. The van der Waals surface area contributed by atoms with Gasteiger partial charge in [0.15, 0.2) is 0 Å². The molecule has 454 valence electrons. The molecule has 0 saturated carbocycles. The maximum atomic E-state index is 7.46. The van der Waals surface area contributed by atoms with Crippen LogP contribution in [-0.2, 0) is 32.5 Å². The molecule has 3 aliphatic rings. The molecule has 4 nitrogen and oxygen atoms in total. The van der Waals surface area contributed by atoms with E-state index >= 15 is 0 Å². The predicted octanol–water partition coefficient (Wildman–Crippen LogP) is 23.4. The average Bonchev–Trinajstić information content (AvgIpc) is 1.63. The Morgan fingerprint density at radius 1 is 0.418 bits per heavy atom. The summed E-state index contributed by atoms with van der Waals surface area (Å²) in [5.41, 5.74) is 28.3. The predicted molar refractivity (Wildman–Crippen MR) is 394 cm³/mol. The van der Waals surface area contributed by atoms with Gasteiger partial charge in [0.25, 0.3) is 0 Å². The summed E-state index contributed by atoms with van der Waals surface area (Å²) in [7, 11) is 0. The number of thiophene rings is 1. The van der Waals surface area contributed by atoms with Gasteiger partial charge in [-0.3, -0.25) is 0 Å². The fourth-order valence-corrected chi connectivity index (χ4v) is 16.2. The van der Waals surface area contributed by atoms with Gasteiger partial charge in [-0.25, -0.2) is 0 Å². The van der Waals surface area contributed by atoms with E-state index in [4.69, 9.17) is 4.42 Å². The van der Waals surface area contributed by atoms with Crippen LogP contribution < -0.4 is 24.9 Å². The van der Waals surface area contributed by atoms with Gasteiger partial charge in [0.05, 0.1) is 11.4 Å². The highest BCUT2D eigenvalue weighted by Gasteiger charge is 2.50. The fraction of sp³-hybridized carbons (Fsp3) is 0.271. The highest BCUT2D eigenvalue weighted by molar-refractivity contribution is 7.32. The Labute approximate surface area is 544 Å². The van der Waals surface area contributed by atoms with Crippen LogP contribution in [0.1, 0.15) is 157 Å². The zero-order chi connectivity index (χ0) is 63.8. The van der Waals surface area contributed by atoms with Crippen molar-refractivity contribution < 1.29 is 4.42 Å². The van der Waals surface area contributed by atoms with E-state index < -0.39 is 0 Å². The Kier molecular flexibility index (Phi) is 13.1. The molecule has 0 N–H and O–H groups in total.